The second-order valence-corrected chi connectivity index (χ2v) is 5.39. The van der Waals surface area contributed by atoms with Gasteiger partial charge in [0.2, 0.25) is 0 Å². The molecule has 0 N–H and O–H groups in total. The van der Waals surface area contributed by atoms with Gasteiger partial charge in [0.05, 0.1) is 0 Å². The summed E-state index contributed by atoms with van der Waals surface area (Å²) in [6, 6.07) is 5.51. The molecule has 1 atom stereocenters. The molecule has 1 aromatic heterocycles. The van der Waals surface area contributed by atoms with E-state index in [1.54, 1.807) is 11.8 Å². The monoisotopic (exact) mass is 236 g/mol. The van der Waals surface area contributed by atoms with Crippen molar-refractivity contribution < 1.29 is 0 Å². The molecule has 2 rings (SSSR count). The fourth-order valence-electron chi connectivity index (χ4n) is 2.57. The number of hydrogen-bond donors (Lipinski definition) is 0. The first-order valence-electron chi connectivity index (χ1n) is 5.98. The molecule has 0 saturated carbocycles. The molecule has 0 unspecified atom stereocenters. The van der Waals surface area contributed by atoms with E-state index >= 15 is 0 Å². The zero-order chi connectivity index (χ0) is 11.5. The van der Waals surface area contributed by atoms with Crippen LogP contribution in [0, 0.1) is 0 Å². The molecule has 2 heterocycles. The third kappa shape index (κ3) is 2.25. The minimum absolute atomic E-state index is 0.580. The summed E-state index contributed by atoms with van der Waals surface area (Å²) >= 11 is 1.76. The van der Waals surface area contributed by atoms with E-state index in [4.69, 9.17) is 0 Å². The molecule has 1 fully saturated rings. The van der Waals surface area contributed by atoms with Gasteiger partial charge >= 0.3 is 0 Å². The third-order valence-electron chi connectivity index (χ3n) is 3.31. The van der Waals surface area contributed by atoms with E-state index in [0.717, 1.165) is 0 Å². The predicted molar refractivity (Wildman–Crippen MR) is 69.8 cm³/mol. The number of aromatic nitrogens is 1. The lowest BCUT2D eigenvalue weighted by molar-refractivity contribution is 0.203. The van der Waals surface area contributed by atoms with E-state index in [9.17, 15) is 0 Å². The fraction of sp³-hybridized carbons (Fsp3) is 0.615. The maximum absolute atomic E-state index is 4.47. The first-order valence-corrected chi connectivity index (χ1v) is 7.21. The summed E-state index contributed by atoms with van der Waals surface area (Å²) in [6.07, 6.45) is 6.59. The van der Waals surface area contributed by atoms with E-state index in [0.29, 0.717) is 12.1 Å². The van der Waals surface area contributed by atoms with Crippen molar-refractivity contribution in [3.05, 3.63) is 23.9 Å². The maximum atomic E-state index is 4.47. The van der Waals surface area contributed by atoms with Crippen LogP contribution in [0.5, 0.6) is 0 Å². The standard InChI is InChI=1S/C13H20N2S/c1-10(2)15-9-5-7-12(15)11-6-4-8-14-13(11)16-3/h4,6,8,10,12H,5,7,9H2,1-3H3/t12-/m1/s1. The van der Waals surface area contributed by atoms with E-state index in [1.807, 2.05) is 6.20 Å². The lowest BCUT2D eigenvalue weighted by Gasteiger charge is -2.29. The minimum Gasteiger partial charge on any atom is -0.294 e. The van der Waals surface area contributed by atoms with Crippen LogP contribution >= 0.6 is 11.8 Å². The van der Waals surface area contributed by atoms with Gasteiger partial charge in [0.15, 0.2) is 0 Å². The summed E-state index contributed by atoms with van der Waals surface area (Å²) in [7, 11) is 0. The summed E-state index contributed by atoms with van der Waals surface area (Å²) in [5, 5.41) is 1.19. The predicted octanol–water partition coefficient (Wildman–Crippen LogP) is 3.35. The summed E-state index contributed by atoms with van der Waals surface area (Å²) in [5.41, 5.74) is 1.42. The summed E-state index contributed by atoms with van der Waals surface area (Å²) in [4.78, 5) is 7.07. The maximum Gasteiger partial charge on any atom is 0.100 e. The summed E-state index contributed by atoms with van der Waals surface area (Å²) in [6.45, 7) is 5.80. The van der Waals surface area contributed by atoms with Crippen LogP contribution < -0.4 is 0 Å². The Kier molecular flexibility index (Phi) is 3.87. The Bertz CT molecular complexity index is 352. The van der Waals surface area contributed by atoms with Gasteiger partial charge < -0.3 is 0 Å². The highest BCUT2D eigenvalue weighted by atomic mass is 32.2. The van der Waals surface area contributed by atoms with Crippen molar-refractivity contribution in [2.24, 2.45) is 0 Å². The van der Waals surface area contributed by atoms with E-state index in [-0.39, 0.29) is 0 Å². The highest BCUT2D eigenvalue weighted by molar-refractivity contribution is 7.98. The van der Waals surface area contributed by atoms with Crippen LogP contribution in [0.1, 0.15) is 38.3 Å². The molecule has 1 aliphatic heterocycles. The highest BCUT2D eigenvalue weighted by Gasteiger charge is 2.29. The van der Waals surface area contributed by atoms with Crippen molar-refractivity contribution in [2.75, 3.05) is 12.8 Å². The summed E-state index contributed by atoms with van der Waals surface area (Å²) < 4.78 is 0. The van der Waals surface area contributed by atoms with Gasteiger partial charge in [-0.15, -0.1) is 11.8 Å². The smallest absolute Gasteiger partial charge is 0.100 e. The molecule has 0 aromatic carbocycles. The van der Waals surface area contributed by atoms with E-state index in [2.05, 4.69) is 42.1 Å². The number of thioether (sulfide) groups is 1. The molecule has 0 amide bonds. The van der Waals surface area contributed by atoms with Crippen LogP contribution in [-0.4, -0.2) is 28.7 Å². The molecule has 0 spiro atoms. The molecule has 88 valence electrons. The normalized spacial score (nSPS) is 21.9. The largest absolute Gasteiger partial charge is 0.294 e. The van der Waals surface area contributed by atoms with Crippen molar-refractivity contribution in [2.45, 2.75) is 43.8 Å². The zero-order valence-corrected chi connectivity index (χ0v) is 11.1. The van der Waals surface area contributed by atoms with Gasteiger partial charge in [-0.2, -0.15) is 0 Å². The molecular weight excluding hydrogens is 216 g/mol. The topological polar surface area (TPSA) is 16.1 Å². The molecule has 1 saturated heterocycles. The van der Waals surface area contributed by atoms with Crippen LogP contribution in [0.3, 0.4) is 0 Å². The number of likely N-dealkylation sites (tertiary alicyclic amines) is 1. The molecule has 3 heteroatoms. The molecule has 2 nitrogen and oxygen atoms in total. The van der Waals surface area contributed by atoms with Crippen LogP contribution in [0.25, 0.3) is 0 Å². The Morgan fingerprint density at radius 3 is 3.00 bits per heavy atom. The first kappa shape index (κ1) is 11.9. The Labute approximate surface area is 102 Å². The van der Waals surface area contributed by atoms with Gasteiger partial charge in [0.25, 0.3) is 0 Å². The minimum atomic E-state index is 0.580. The Morgan fingerprint density at radius 1 is 1.50 bits per heavy atom. The molecule has 0 aliphatic carbocycles. The van der Waals surface area contributed by atoms with Gasteiger partial charge in [-0.05, 0) is 45.6 Å². The van der Waals surface area contributed by atoms with Gasteiger partial charge in [-0.3, -0.25) is 4.90 Å². The average molecular weight is 236 g/mol. The quantitative estimate of drug-likeness (QED) is 0.749. The summed E-state index contributed by atoms with van der Waals surface area (Å²) in [5.74, 6) is 0. The van der Waals surface area contributed by atoms with Crippen molar-refractivity contribution in [1.82, 2.24) is 9.88 Å². The SMILES string of the molecule is CSc1ncccc1[C@H]1CCCN1C(C)C. The molecule has 1 aromatic rings. The van der Waals surface area contributed by atoms with Crippen LogP contribution in [-0.2, 0) is 0 Å². The van der Waals surface area contributed by atoms with Crippen LogP contribution in [0.2, 0.25) is 0 Å². The lowest BCUT2D eigenvalue weighted by Crippen LogP contribution is -2.30. The van der Waals surface area contributed by atoms with Crippen molar-refractivity contribution in [3.63, 3.8) is 0 Å². The molecule has 1 aliphatic rings. The van der Waals surface area contributed by atoms with Crippen molar-refractivity contribution >= 4 is 11.8 Å². The molecule has 0 bridgehead atoms. The van der Waals surface area contributed by atoms with Crippen molar-refractivity contribution in [3.8, 4) is 0 Å². The van der Waals surface area contributed by atoms with Gasteiger partial charge in [0, 0.05) is 23.8 Å². The fourth-order valence-corrected chi connectivity index (χ4v) is 3.17. The molecule has 16 heavy (non-hydrogen) atoms. The van der Waals surface area contributed by atoms with Crippen LogP contribution in [0.4, 0.5) is 0 Å². The number of hydrogen-bond acceptors (Lipinski definition) is 3. The third-order valence-corrected chi connectivity index (χ3v) is 4.04. The Hall–Kier alpha value is -0.540. The second kappa shape index (κ2) is 5.19. The molecular formula is C13H20N2S. The lowest BCUT2D eigenvalue weighted by atomic mass is 10.1. The molecule has 0 radical (unpaired) electrons. The van der Waals surface area contributed by atoms with E-state index in [1.165, 1.54) is 30.0 Å². The first-order chi connectivity index (χ1) is 7.74. The van der Waals surface area contributed by atoms with Crippen LogP contribution in [0.15, 0.2) is 23.4 Å². The highest BCUT2D eigenvalue weighted by Crippen LogP contribution is 2.36. The second-order valence-electron chi connectivity index (χ2n) is 4.59. The number of pyridine rings is 1. The Morgan fingerprint density at radius 2 is 2.31 bits per heavy atom. The van der Waals surface area contributed by atoms with Gasteiger partial charge in [0.1, 0.15) is 5.03 Å². The van der Waals surface area contributed by atoms with Gasteiger partial charge in [-0.1, -0.05) is 6.07 Å². The number of nitrogens with zero attached hydrogens (tertiary/aromatic N) is 2. The van der Waals surface area contributed by atoms with E-state index < -0.39 is 0 Å². The average Bonchev–Trinajstić information content (AvgIpc) is 2.77. The Balaban J connectivity index is 2.28. The zero-order valence-electron chi connectivity index (χ0n) is 10.3. The number of rotatable bonds is 3. The van der Waals surface area contributed by atoms with Gasteiger partial charge in [-0.25, -0.2) is 4.98 Å². The van der Waals surface area contributed by atoms with Crippen molar-refractivity contribution in [1.29, 1.82) is 0 Å².